The third kappa shape index (κ3) is 4.70. The Balaban J connectivity index is 1.55. The Kier molecular flexibility index (Phi) is 5.68. The van der Waals surface area contributed by atoms with E-state index in [0.717, 1.165) is 12.0 Å². The van der Waals surface area contributed by atoms with Crippen LogP contribution in [0.15, 0.2) is 53.3 Å². The number of rotatable bonds is 6. The summed E-state index contributed by atoms with van der Waals surface area (Å²) < 4.78 is 0. The van der Waals surface area contributed by atoms with Crippen molar-refractivity contribution in [3.63, 3.8) is 0 Å². The Morgan fingerprint density at radius 1 is 1.19 bits per heavy atom. The van der Waals surface area contributed by atoms with E-state index in [4.69, 9.17) is 11.6 Å². The molecule has 0 fully saturated rings. The van der Waals surface area contributed by atoms with Gasteiger partial charge in [-0.1, -0.05) is 35.9 Å². The van der Waals surface area contributed by atoms with E-state index in [0.29, 0.717) is 28.2 Å². The summed E-state index contributed by atoms with van der Waals surface area (Å²) in [5.74, 6) is 0.455. The van der Waals surface area contributed by atoms with Crippen LogP contribution in [0.4, 0.5) is 0 Å². The predicted molar refractivity (Wildman–Crippen MR) is 103 cm³/mol. The van der Waals surface area contributed by atoms with Crippen LogP contribution in [-0.2, 0) is 17.6 Å². The van der Waals surface area contributed by atoms with Crippen molar-refractivity contribution in [1.82, 2.24) is 15.3 Å². The molecule has 0 aliphatic heterocycles. The van der Waals surface area contributed by atoms with E-state index < -0.39 is 0 Å². The number of amides is 1. The van der Waals surface area contributed by atoms with Crippen molar-refractivity contribution in [2.75, 3.05) is 0 Å². The van der Waals surface area contributed by atoms with Gasteiger partial charge in [0.05, 0.1) is 10.9 Å². The first-order valence-corrected chi connectivity index (χ1v) is 8.91. The first kappa shape index (κ1) is 18.1. The first-order chi connectivity index (χ1) is 12.5. The van der Waals surface area contributed by atoms with Gasteiger partial charge >= 0.3 is 0 Å². The summed E-state index contributed by atoms with van der Waals surface area (Å²) in [5, 5.41) is 4.22. The molecule has 0 saturated carbocycles. The maximum absolute atomic E-state index is 12.2. The molecule has 6 heteroatoms. The zero-order valence-electron chi connectivity index (χ0n) is 14.5. The summed E-state index contributed by atoms with van der Waals surface area (Å²) >= 11 is 5.88. The van der Waals surface area contributed by atoms with Gasteiger partial charge in [0.1, 0.15) is 5.82 Å². The number of halogens is 1. The van der Waals surface area contributed by atoms with Crippen LogP contribution in [-0.4, -0.2) is 21.9 Å². The predicted octanol–water partition coefficient (Wildman–Crippen LogP) is 3.26. The molecule has 0 radical (unpaired) electrons. The summed E-state index contributed by atoms with van der Waals surface area (Å²) in [7, 11) is 0. The monoisotopic (exact) mass is 369 g/mol. The maximum atomic E-state index is 12.2. The number of aromatic amines is 1. The zero-order valence-corrected chi connectivity index (χ0v) is 15.2. The van der Waals surface area contributed by atoms with Gasteiger partial charge in [0.15, 0.2) is 0 Å². The van der Waals surface area contributed by atoms with E-state index in [1.807, 2.05) is 37.3 Å². The molecule has 2 N–H and O–H groups in total. The lowest BCUT2D eigenvalue weighted by atomic mass is 10.1. The minimum atomic E-state index is -0.179. The molecule has 3 aromatic rings. The summed E-state index contributed by atoms with van der Waals surface area (Å²) in [6, 6.07) is 14.8. The normalized spacial score (nSPS) is 12.1. The smallest absolute Gasteiger partial charge is 0.258 e. The number of hydrogen-bond acceptors (Lipinski definition) is 3. The van der Waals surface area contributed by atoms with Crippen molar-refractivity contribution in [2.45, 2.75) is 32.2 Å². The highest BCUT2D eigenvalue weighted by Crippen LogP contribution is 2.11. The van der Waals surface area contributed by atoms with Crippen LogP contribution >= 0.6 is 11.6 Å². The Bertz CT molecular complexity index is 967. The molecule has 0 aliphatic rings. The number of carbonyl (C=O) groups is 1. The summed E-state index contributed by atoms with van der Waals surface area (Å²) in [4.78, 5) is 31.4. The van der Waals surface area contributed by atoms with Gasteiger partial charge in [-0.25, -0.2) is 4.98 Å². The van der Waals surface area contributed by atoms with Crippen molar-refractivity contribution < 1.29 is 4.79 Å². The number of fused-ring (bicyclic) bond motifs is 1. The maximum Gasteiger partial charge on any atom is 0.258 e. The van der Waals surface area contributed by atoms with Gasteiger partial charge in [-0.15, -0.1) is 0 Å². The van der Waals surface area contributed by atoms with E-state index in [-0.39, 0.29) is 23.9 Å². The van der Waals surface area contributed by atoms with Crippen molar-refractivity contribution in [2.24, 2.45) is 0 Å². The van der Waals surface area contributed by atoms with Gasteiger partial charge in [0.2, 0.25) is 5.91 Å². The lowest BCUT2D eigenvalue weighted by Gasteiger charge is -2.14. The molecule has 1 atom stereocenters. The number of aryl methyl sites for hydroxylation is 1. The highest BCUT2D eigenvalue weighted by molar-refractivity contribution is 6.30. The number of nitrogens with one attached hydrogen (secondary N) is 2. The fourth-order valence-corrected chi connectivity index (χ4v) is 2.98. The Morgan fingerprint density at radius 2 is 1.92 bits per heavy atom. The molecule has 0 aliphatic carbocycles. The first-order valence-electron chi connectivity index (χ1n) is 8.53. The quantitative estimate of drug-likeness (QED) is 0.700. The highest BCUT2D eigenvalue weighted by atomic mass is 35.5. The molecule has 0 spiro atoms. The highest BCUT2D eigenvalue weighted by Gasteiger charge is 2.10. The minimum absolute atomic E-state index is 0.00675. The summed E-state index contributed by atoms with van der Waals surface area (Å²) in [5.41, 5.74) is 1.58. The SMILES string of the molecule is CC(Cc1ccc(Cl)cc1)NC(=O)CCc1nc2ccccc2c(=O)[nH]1. The molecule has 1 amide bonds. The van der Waals surface area contributed by atoms with E-state index in [1.165, 1.54) is 0 Å². The third-order valence-corrected chi connectivity index (χ3v) is 4.37. The Labute approximate surface area is 156 Å². The van der Waals surface area contributed by atoms with Crippen LogP contribution in [0, 0.1) is 0 Å². The van der Waals surface area contributed by atoms with Gasteiger partial charge < -0.3 is 10.3 Å². The van der Waals surface area contributed by atoms with Crippen molar-refractivity contribution in [3.05, 3.63) is 75.3 Å². The van der Waals surface area contributed by atoms with Crippen molar-refractivity contribution in [3.8, 4) is 0 Å². The molecular weight excluding hydrogens is 350 g/mol. The van der Waals surface area contributed by atoms with Crippen LogP contribution in [0.3, 0.4) is 0 Å². The van der Waals surface area contributed by atoms with Gasteiger partial charge in [-0.2, -0.15) is 0 Å². The van der Waals surface area contributed by atoms with Crippen LogP contribution in [0.25, 0.3) is 10.9 Å². The molecule has 1 aromatic heterocycles. The summed E-state index contributed by atoms with van der Waals surface area (Å²) in [6.45, 7) is 1.96. The zero-order chi connectivity index (χ0) is 18.5. The molecule has 26 heavy (non-hydrogen) atoms. The lowest BCUT2D eigenvalue weighted by Crippen LogP contribution is -2.34. The van der Waals surface area contributed by atoms with Crippen LogP contribution in [0.5, 0.6) is 0 Å². The second-order valence-electron chi connectivity index (χ2n) is 6.33. The topological polar surface area (TPSA) is 74.8 Å². The molecule has 1 unspecified atom stereocenters. The number of aromatic nitrogens is 2. The summed E-state index contributed by atoms with van der Waals surface area (Å²) in [6.07, 6.45) is 1.39. The van der Waals surface area contributed by atoms with Crippen LogP contribution < -0.4 is 10.9 Å². The second-order valence-corrected chi connectivity index (χ2v) is 6.77. The van der Waals surface area contributed by atoms with E-state index in [1.54, 1.807) is 18.2 Å². The minimum Gasteiger partial charge on any atom is -0.353 e. The number of hydrogen-bond donors (Lipinski definition) is 2. The standard InChI is InChI=1S/C20H20ClN3O2/c1-13(12-14-6-8-15(21)9-7-14)22-19(25)11-10-18-23-17-5-3-2-4-16(17)20(26)24-18/h2-9,13H,10-12H2,1H3,(H,22,25)(H,23,24,26). The number of carbonyl (C=O) groups excluding carboxylic acids is 1. The van der Waals surface area contributed by atoms with Gasteiger partial charge in [0, 0.05) is 23.9 Å². The largest absolute Gasteiger partial charge is 0.353 e. The molecule has 1 heterocycles. The molecule has 2 aromatic carbocycles. The van der Waals surface area contributed by atoms with Crippen molar-refractivity contribution >= 4 is 28.4 Å². The fraction of sp³-hybridized carbons (Fsp3) is 0.250. The third-order valence-electron chi connectivity index (χ3n) is 4.11. The number of para-hydroxylation sites is 1. The molecule has 3 rings (SSSR count). The van der Waals surface area contributed by atoms with Crippen LogP contribution in [0.1, 0.15) is 24.7 Å². The van der Waals surface area contributed by atoms with Gasteiger partial charge in [-0.05, 0) is 43.2 Å². The van der Waals surface area contributed by atoms with Gasteiger partial charge in [-0.3, -0.25) is 9.59 Å². The Morgan fingerprint density at radius 3 is 2.69 bits per heavy atom. The molecule has 0 bridgehead atoms. The number of H-pyrrole nitrogens is 1. The molecule has 5 nitrogen and oxygen atoms in total. The number of benzene rings is 2. The molecule has 0 saturated heterocycles. The van der Waals surface area contributed by atoms with Gasteiger partial charge in [0.25, 0.3) is 5.56 Å². The van der Waals surface area contributed by atoms with E-state index in [9.17, 15) is 9.59 Å². The van der Waals surface area contributed by atoms with Crippen LogP contribution in [0.2, 0.25) is 5.02 Å². The van der Waals surface area contributed by atoms with E-state index >= 15 is 0 Å². The average Bonchev–Trinajstić information content (AvgIpc) is 2.62. The Hall–Kier alpha value is -2.66. The average molecular weight is 370 g/mol. The van der Waals surface area contributed by atoms with E-state index in [2.05, 4.69) is 15.3 Å². The fourth-order valence-electron chi connectivity index (χ4n) is 2.86. The van der Waals surface area contributed by atoms with Crippen molar-refractivity contribution in [1.29, 1.82) is 0 Å². The number of nitrogens with zero attached hydrogens (tertiary/aromatic N) is 1. The second kappa shape index (κ2) is 8.15. The molecule has 134 valence electrons. The lowest BCUT2D eigenvalue weighted by molar-refractivity contribution is -0.121. The molecular formula is C20H20ClN3O2.